The molecule has 0 saturated carbocycles. The van der Waals surface area contributed by atoms with Crippen LogP contribution in [0.2, 0.25) is 0 Å². The number of methoxy groups -OCH3 is 1. The molecule has 0 aliphatic heterocycles. The summed E-state index contributed by atoms with van der Waals surface area (Å²) >= 11 is 0. The number of halogens is 1. The smallest absolute Gasteiger partial charge is 0.247 e. The van der Waals surface area contributed by atoms with Crippen molar-refractivity contribution in [3.63, 3.8) is 0 Å². The van der Waals surface area contributed by atoms with Crippen LogP contribution in [0.4, 0.5) is 4.39 Å². The fourth-order valence-electron chi connectivity index (χ4n) is 2.54. The number of rotatable bonds is 6. The van der Waals surface area contributed by atoms with E-state index in [0.29, 0.717) is 6.54 Å². The Balaban J connectivity index is 2.13. The summed E-state index contributed by atoms with van der Waals surface area (Å²) < 4.78 is 18.2. The van der Waals surface area contributed by atoms with Gasteiger partial charge in [0.15, 0.2) is 0 Å². The molecule has 3 nitrogen and oxygen atoms in total. The molecular weight excluding hydrogens is 305 g/mol. The first kappa shape index (κ1) is 17.7. The molecule has 2 aromatic rings. The predicted molar refractivity (Wildman–Crippen MR) is 94.2 cm³/mol. The van der Waals surface area contributed by atoms with Crippen LogP contribution in [-0.4, -0.2) is 24.5 Å². The molecule has 2 aromatic carbocycles. The van der Waals surface area contributed by atoms with E-state index < -0.39 is 0 Å². The summed E-state index contributed by atoms with van der Waals surface area (Å²) in [4.78, 5) is 14.3. The average molecular weight is 327 g/mol. The lowest BCUT2D eigenvalue weighted by atomic mass is 10.1. The first-order valence-corrected chi connectivity index (χ1v) is 7.93. The quantitative estimate of drug-likeness (QED) is 0.733. The maximum Gasteiger partial charge on any atom is 0.247 e. The standard InChI is InChI=1S/C20H22FNO2/c1-4-22(15(2)17-6-5-7-19(14-17)24-3)20(23)13-10-16-8-11-18(21)12-9-16/h5-15H,4H2,1-3H3. The van der Waals surface area contributed by atoms with Crippen LogP contribution >= 0.6 is 0 Å². The summed E-state index contributed by atoms with van der Waals surface area (Å²) in [5.74, 6) is 0.391. The van der Waals surface area contributed by atoms with E-state index in [0.717, 1.165) is 16.9 Å². The molecule has 1 atom stereocenters. The first-order valence-electron chi connectivity index (χ1n) is 7.93. The van der Waals surface area contributed by atoms with Crippen LogP contribution in [0.15, 0.2) is 54.6 Å². The van der Waals surface area contributed by atoms with Gasteiger partial charge < -0.3 is 9.64 Å². The fourth-order valence-corrected chi connectivity index (χ4v) is 2.54. The van der Waals surface area contributed by atoms with Crippen molar-refractivity contribution in [3.8, 4) is 5.75 Å². The molecule has 2 rings (SSSR count). The molecule has 0 aliphatic rings. The van der Waals surface area contributed by atoms with E-state index in [-0.39, 0.29) is 17.8 Å². The Morgan fingerprint density at radius 2 is 1.96 bits per heavy atom. The summed E-state index contributed by atoms with van der Waals surface area (Å²) in [5, 5.41) is 0. The number of likely N-dealkylation sites (N-methyl/N-ethyl adjacent to an activating group) is 1. The minimum atomic E-state index is -0.291. The van der Waals surface area contributed by atoms with Crippen LogP contribution < -0.4 is 4.74 Å². The predicted octanol–water partition coefficient (Wildman–Crippen LogP) is 4.46. The Morgan fingerprint density at radius 1 is 1.25 bits per heavy atom. The topological polar surface area (TPSA) is 29.5 Å². The van der Waals surface area contributed by atoms with Crippen LogP contribution in [0.25, 0.3) is 6.08 Å². The van der Waals surface area contributed by atoms with E-state index in [2.05, 4.69) is 0 Å². The van der Waals surface area contributed by atoms with Crippen LogP contribution in [0.3, 0.4) is 0 Å². The number of nitrogens with zero attached hydrogens (tertiary/aromatic N) is 1. The highest BCUT2D eigenvalue weighted by atomic mass is 19.1. The van der Waals surface area contributed by atoms with E-state index in [4.69, 9.17) is 4.74 Å². The van der Waals surface area contributed by atoms with Gasteiger partial charge in [0.25, 0.3) is 0 Å². The van der Waals surface area contributed by atoms with Crippen molar-refractivity contribution in [2.75, 3.05) is 13.7 Å². The van der Waals surface area contributed by atoms with E-state index in [9.17, 15) is 9.18 Å². The van der Waals surface area contributed by atoms with Crippen LogP contribution in [0.1, 0.15) is 31.0 Å². The Bertz CT molecular complexity index is 710. The van der Waals surface area contributed by atoms with Crippen molar-refractivity contribution in [3.05, 3.63) is 71.6 Å². The summed E-state index contributed by atoms with van der Waals surface area (Å²) in [6.07, 6.45) is 3.22. The minimum Gasteiger partial charge on any atom is -0.497 e. The third-order valence-corrected chi connectivity index (χ3v) is 3.96. The van der Waals surface area contributed by atoms with Crippen molar-refractivity contribution in [2.24, 2.45) is 0 Å². The highest BCUT2D eigenvalue weighted by Crippen LogP contribution is 2.24. The van der Waals surface area contributed by atoms with Crippen LogP contribution in [0, 0.1) is 5.82 Å². The zero-order valence-corrected chi connectivity index (χ0v) is 14.2. The van der Waals surface area contributed by atoms with Crippen molar-refractivity contribution < 1.29 is 13.9 Å². The summed E-state index contributed by atoms with van der Waals surface area (Å²) in [6.45, 7) is 4.52. The maximum atomic E-state index is 12.9. The lowest BCUT2D eigenvalue weighted by Gasteiger charge is -2.27. The first-order chi connectivity index (χ1) is 11.5. The number of hydrogen-bond acceptors (Lipinski definition) is 2. The molecule has 0 spiro atoms. The van der Waals surface area contributed by atoms with Gasteiger partial charge in [0.2, 0.25) is 5.91 Å². The molecule has 0 saturated heterocycles. The summed E-state index contributed by atoms with van der Waals surface area (Å²) in [5.41, 5.74) is 1.80. The fraction of sp³-hybridized carbons (Fsp3) is 0.250. The van der Waals surface area contributed by atoms with Gasteiger partial charge >= 0.3 is 0 Å². The van der Waals surface area contributed by atoms with Crippen molar-refractivity contribution in [1.82, 2.24) is 4.90 Å². The zero-order valence-electron chi connectivity index (χ0n) is 14.2. The van der Waals surface area contributed by atoms with Crippen molar-refractivity contribution in [1.29, 1.82) is 0 Å². The number of ether oxygens (including phenoxy) is 1. The van der Waals surface area contributed by atoms with Gasteiger partial charge in [-0.1, -0.05) is 24.3 Å². The molecule has 0 aromatic heterocycles. The molecule has 0 N–H and O–H groups in total. The molecule has 1 unspecified atom stereocenters. The van der Waals surface area contributed by atoms with Gasteiger partial charge in [0, 0.05) is 12.6 Å². The second-order valence-electron chi connectivity index (χ2n) is 5.46. The molecule has 4 heteroatoms. The highest BCUT2D eigenvalue weighted by Gasteiger charge is 2.18. The monoisotopic (exact) mass is 327 g/mol. The number of carbonyl (C=O) groups excluding carboxylic acids is 1. The van der Waals surface area contributed by atoms with Gasteiger partial charge in [-0.25, -0.2) is 4.39 Å². The Hall–Kier alpha value is -2.62. The molecule has 0 fully saturated rings. The van der Waals surface area contributed by atoms with E-state index in [1.165, 1.54) is 18.2 Å². The zero-order chi connectivity index (χ0) is 17.5. The summed E-state index contributed by atoms with van der Waals surface area (Å²) in [6, 6.07) is 13.7. The maximum absolute atomic E-state index is 12.9. The van der Waals surface area contributed by atoms with Crippen molar-refractivity contribution in [2.45, 2.75) is 19.9 Å². The summed E-state index contributed by atoms with van der Waals surface area (Å²) in [7, 11) is 1.62. The van der Waals surface area contributed by atoms with Gasteiger partial charge in [-0.2, -0.15) is 0 Å². The SMILES string of the molecule is CCN(C(=O)C=Cc1ccc(F)cc1)C(C)c1cccc(OC)c1. The molecule has 1 amide bonds. The molecule has 0 radical (unpaired) electrons. The van der Waals surface area contributed by atoms with Gasteiger partial charge in [0.1, 0.15) is 11.6 Å². The van der Waals surface area contributed by atoms with Crippen molar-refractivity contribution >= 4 is 12.0 Å². The van der Waals surface area contributed by atoms with Crippen LogP contribution in [-0.2, 0) is 4.79 Å². The number of benzene rings is 2. The second kappa shape index (κ2) is 8.29. The minimum absolute atomic E-state index is 0.0736. The third-order valence-electron chi connectivity index (χ3n) is 3.96. The normalized spacial score (nSPS) is 12.2. The number of amides is 1. The Kier molecular flexibility index (Phi) is 6.13. The number of hydrogen-bond donors (Lipinski definition) is 0. The molecule has 0 heterocycles. The van der Waals surface area contributed by atoms with Gasteiger partial charge in [-0.3, -0.25) is 4.79 Å². The molecule has 0 bridgehead atoms. The Labute approximate surface area is 142 Å². The van der Waals surface area contributed by atoms with E-state index in [1.54, 1.807) is 30.2 Å². The van der Waals surface area contributed by atoms with E-state index >= 15 is 0 Å². The largest absolute Gasteiger partial charge is 0.497 e. The molecule has 0 aliphatic carbocycles. The van der Waals surface area contributed by atoms with Gasteiger partial charge in [0.05, 0.1) is 13.2 Å². The van der Waals surface area contributed by atoms with Crippen LogP contribution in [0.5, 0.6) is 5.75 Å². The third kappa shape index (κ3) is 4.44. The molecular formula is C20H22FNO2. The lowest BCUT2D eigenvalue weighted by molar-refractivity contribution is -0.127. The van der Waals surface area contributed by atoms with Gasteiger partial charge in [-0.05, 0) is 55.3 Å². The average Bonchev–Trinajstić information content (AvgIpc) is 2.61. The molecule has 126 valence electrons. The number of carbonyl (C=O) groups is 1. The van der Waals surface area contributed by atoms with E-state index in [1.807, 2.05) is 38.1 Å². The highest BCUT2D eigenvalue weighted by molar-refractivity contribution is 5.92. The second-order valence-corrected chi connectivity index (χ2v) is 5.46. The lowest BCUT2D eigenvalue weighted by Crippen LogP contribution is -2.32. The molecule has 24 heavy (non-hydrogen) atoms. The Morgan fingerprint density at radius 3 is 2.58 bits per heavy atom. The van der Waals surface area contributed by atoms with Gasteiger partial charge in [-0.15, -0.1) is 0 Å².